The van der Waals surface area contributed by atoms with Crippen LogP contribution in [0.3, 0.4) is 0 Å². The van der Waals surface area contributed by atoms with Gasteiger partial charge in [-0.3, -0.25) is 4.79 Å². The second-order valence-corrected chi connectivity index (χ2v) is 5.85. The molecule has 0 radical (unpaired) electrons. The maximum absolute atomic E-state index is 11.8. The van der Waals surface area contributed by atoms with Crippen LogP contribution < -0.4 is 5.32 Å². The number of aromatic carboxylic acids is 1. The molecule has 1 amide bonds. The zero-order valence-corrected chi connectivity index (χ0v) is 11.7. The highest BCUT2D eigenvalue weighted by Gasteiger charge is 2.23. The monoisotopic (exact) mass is 271 g/mol. The Morgan fingerprint density at radius 1 is 1.50 bits per heavy atom. The van der Waals surface area contributed by atoms with Crippen LogP contribution in [0, 0.1) is 6.92 Å². The lowest BCUT2D eigenvalue weighted by Gasteiger charge is -2.21. The Morgan fingerprint density at radius 2 is 2.11 bits per heavy atom. The first-order valence-electron chi connectivity index (χ1n) is 5.44. The summed E-state index contributed by atoms with van der Waals surface area (Å²) in [6.07, 6.45) is 0.166. The van der Waals surface area contributed by atoms with E-state index in [1.54, 1.807) is 26.8 Å². The molecule has 1 heterocycles. The minimum absolute atomic E-state index is 0.126. The van der Waals surface area contributed by atoms with Gasteiger partial charge < -0.3 is 15.2 Å². The number of rotatable bonds is 5. The van der Waals surface area contributed by atoms with Gasteiger partial charge in [0.1, 0.15) is 5.00 Å². The molecule has 0 aromatic carbocycles. The number of thiophene rings is 1. The summed E-state index contributed by atoms with van der Waals surface area (Å²) >= 11 is 1.25. The molecule has 5 nitrogen and oxygen atoms in total. The molecule has 1 rings (SSSR count). The highest BCUT2D eigenvalue weighted by Crippen LogP contribution is 2.28. The molecule has 0 saturated heterocycles. The Morgan fingerprint density at radius 3 is 2.61 bits per heavy atom. The van der Waals surface area contributed by atoms with E-state index < -0.39 is 11.6 Å². The molecule has 0 fully saturated rings. The van der Waals surface area contributed by atoms with E-state index in [4.69, 9.17) is 9.84 Å². The lowest BCUT2D eigenvalue weighted by molar-refractivity contribution is -0.121. The van der Waals surface area contributed by atoms with Crippen molar-refractivity contribution >= 4 is 28.2 Å². The summed E-state index contributed by atoms with van der Waals surface area (Å²) in [5.41, 5.74) is -0.444. The molecule has 6 heteroatoms. The lowest BCUT2D eigenvalue weighted by atomic mass is 10.1. The Bertz CT molecular complexity index is 465. The van der Waals surface area contributed by atoms with E-state index in [2.05, 4.69) is 5.32 Å². The first kappa shape index (κ1) is 14.7. The van der Waals surface area contributed by atoms with Gasteiger partial charge in [-0.15, -0.1) is 11.3 Å². The molecule has 0 unspecified atom stereocenters. The fourth-order valence-corrected chi connectivity index (χ4v) is 2.32. The summed E-state index contributed by atoms with van der Waals surface area (Å²) in [7, 11) is 1.53. The second kappa shape index (κ2) is 5.49. The van der Waals surface area contributed by atoms with Gasteiger partial charge in [0.05, 0.1) is 17.6 Å². The van der Waals surface area contributed by atoms with E-state index in [0.717, 1.165) is 4.88 Å². The number of methoxy groups -OCH3 is 1. The van der Waals surface area contributed by atoms with E-state index in [9.17, 15) is 9.59 Å². The van der Waals surface area contributed by atoms with Crippen molar-refractivity contribution in [2.45, 2.75) is 32.8 Å². The number of hydrogen-bond donors (Lipinski definition) is 2. The molecule has 2 N–H and O–H groups in total. The van der Waals surface area contributed by atoms with Crippen LogP contribution in [0.2, 0.25) is 0 Å². The van der Waals surface area contributed by atoms with E-state index >= 15 is 0 Å². The number of ether oxygens (including phenoxy) is 1. The topological polar surface area (TPSA) is 75.6 Å². The molecule has 0 aliphatic rings. The molecule has 100 valence electrons. The lowest BCUT2D eigenvalue weighted by Crippen LogP contribution is -2.29. The summed E-state index contributed by atoms with van der Waals surface area (Å²) < 4.78 is 5.16. The number of carbonyl (C=O) groups excluding carboxylic acids is 1. The van der Waals surface area contributed by atoms with Crippen LogP contribution in [0.15, 0.2) is 6.07 Å². The number of nitrogens with one attached hydrogen (secondary N) is 1. The van der Waals surface area contributed by atoms with Crippen LogP contribution in [0.5, 0.6) is 0 Å². The van der Waals surface area contributed by atoms with Gasteiger partial charge in [0.2, 0.25) is 5.91 Å². The number of carbonyl (C=O) groups is 2. The molecule has 0 aliphatic carbocycles. The summed E-state index contributed by atoms with van der Waals surface area (Å²) in [5, 5.41) is 12.0. The van der Waals surface area contributed by atoms with Gasteiger partial charge in [-0.25, -0.2) is 4.79 Å². The van der Waals surface area contributed by atoms with E-state index in [0.29, 0.717) is 5.00 Å². The molecular weight excluding hydrogens is 254 g/mol. The van der Waals surface area contributed by atoms with Crippen molar-refractivity contribution in [1.29, 1.82) is 0 Å². The SMILES string of the molecule is COC(C)(C)CC(=O)Nc1sc(C)cc1C(=O)O. The van der Waals surface area contributed by atoms with Crippen LogP contribution in [-0.2, 0) is 9.53 Å². The van der Waals surface area contributed by atoms with Crippen molar-refractivity contribution in [3.8, 4) is 0 Å². The van der Waals surface area contributed by atoms with Crippen molar-refractivity contribution in [2.75, 3.05) is 12.4 Å². The summed E-state index contributed by atoms with van der Waals surface area (Å²) in [6.45, 7) is 5.39. The Balaban J connectivity index is 2.79. The molecule has 0 spiro atoms. The molecule has 0 aliphatic heterocycles. The number of carboxylic acids is 1. The maximum atomic E-state index is 11.8. The Kier molecular flexibility index (Phi) is 4.48. The van der Waals surface area contributed by atoms with Gasteiger partial charge in [0.15, 0.2) is 0 Å². The number of amides is 1. The number of anilines is 1. The minimum Gasteiger partial charge on any atom is -0.478 e. The number of aryl methyl sites for hydroxylation is 1. The summed E-state index contributed by atoms with van der Waals surface area (Å²) in [5.74, 6) is -1.30. The van der Waals surface area contributed by atoms with Gasteiger partial charge in [-0.2, -0.15) is 0 Å². The minimum atomic E-state index is -1.04. The van der Waals surface area contributed by atoms with Crippen LogP contribution in [-0.4, -0.2) is 29.7 Å². The standard InChI is InChI=1S/C12H17NO4S/c1-7-5-8(11(15)16)10(18-7)13-9(14)6-12(2,3)17-4/h5H,6H2,1-4H3,(H,13,14)(H,15,16). The third kappa shape index (κ3) is 3.82. The Hall–Kier alpha value is -1.40. The van der Waals surface area contributed by atoms with E-state index in [1.807, 2.05) is 0 Å². The highest BCUT2D eigenvalue weighted by molar-refractivity contribution is 7.16. The third-order valence-corrected chi connectivity index (χ3v) is 3.44. The van der Waals surface area contributed by atoms with Gasteiger partial charge in [-0.1, -0.05) is 0 Å². The van der Waals surface area contributed by atoms with E-state index in [1.165, 1.54) is 18.4 Å². The number of hydrogen-bond acceptors (Lipinski definition) is 4. The van der Waals surface area contributed by atoms with Crippen LogP contribution >= 0.6 is 11.3 Å². The predicted octanol–water partition coefficient (Wildman–Crippen LogP) is 2.51. The predicted molar refractivity (Wildman–Crippen MR) is 70.4 cm³/mol. The van der Waals surface area contributed by atoms with Crippen molar-refractivity contribution in [1.82, 2.24) is 0 Å². The highest BCUT2D eigenvalue weighted by atomic mass is 32.1. The second-order valence-electron chi connectivity index (χ2n) is 4.59. The van der Waals surface area contributed by atoms with Crippen LogP contribution in [0.25, 0.3) is 0 Å². The summed E-state index contributed by atoms with van der Waals surface area (Å²) in [6, 6.07) is 1.55. The Labute approximate surface area is 110 Å². The van der Waals surface area contributed by atoms with Crippen molar-refractivity contribution in [3.05, 3.63) is 16.5 Å². The molecule has 18 heavy (non-hydrogen) atoms. The van der Waals surface area contributed by atoms with Crippen LogP contribution in [0.1, 0.15) is 35.5 Å². The fourth-order valence-electron chi connectivity index (χ4n) is 1.40. The average molecular weight is 271 g/mol. The van der Waals surface area contributed by atoms with E-state index in [-0.39, 0.29) is 17.9 Å². The van der Waals surface area contributed by atoms with Gasteiger partial charge >= 0.3 is 5.97 Å². The van der Waals surface area contributed by atoms with Gasteiger partial charge in [0.25, 0.3) is 0 Å². The average Bonchev–Trinajstić information content (AvgIpc) is 2.58. The number of carboxylic acid groups (broad SMARTS) is 1. The third-order valence-electron chi connectivity index (χ3n) is 2.48. The zero-order valence-electron chi connectivity index (χ0n) is 10.9. The molecule has 0 atom stereocenters. The summed E-state index contributed by atoms with van der Waals surface area (Å²) in [4.78, 5) is 23.6. The smallest absolute Gasteiger partial charge is 0.338 e. The van der Waals surface area contributed by atoms with Crippen molar-refractivity contribution in [3.63, 3.8) is 0 Å². The first-order valence-corrected chi connectivity index (χ1v) is 6.25. The maximum Gasteiger partial charge on any atom is 0.338 e. The molecule has 0 bridgehead atoms. The van der Waals surface area contributed by atoms with Crippen LogP contribution in [0.4, 0.5) is 5.00 Å². The molecule has 1 aromatic heterocycles. The quantitative estimate of drug-likeness (QED) is 0.862. The largest absolute Gasteiger partial charge is 0.478 e. The van der Waals surface area contributed by atoms with Gasteiger partial charge in [-0.05, 0) is 26.8 Å². The van der Waals surface area contributed by atoms with Crippen molar-refractivity contribution in [2.24, 2.45) is 0 Å². The molecular formula is C12H17NO4S. The van der Waals surface area contributed by atoms with Crippen molar-refractivity contribution < 1.29 is 19.4 Å². The zero-order chi connectivity index (χ0) is 13.9. The molecule has 0 saturated carbocycles. The molecule has 1 aromatic rings. The fraction of sp³-hybridized carbons (Fsp3) is 0.500. The normalized spacial score (nSPS) is 11.3. The first-order chi connectivity index (χ1) is 8.25. The van der Waals surface area contributed by atoms with Gasteiger partial charge in [0, 0.05) is 12.0 Å².